The maximum Gasteiger partial charge on any atom is 0.0922 e. The van der Waals surface area contributed by atoms with E-state index in [1.165, 1.54) is 32.1 Å². The lowest BCUT2D eigenvalue weighted by Gasteiger charge is -2.33. The van der Waals surface area contributed by atoms with Gasteiger partial charge in [-0.3, -0.25) is 0 Å². The van der Waals surface area contributed by atoms with Gasteiger partial charge in [0.25, 0.3) is 0 Å². The average Bonchev–Trinajstić information content (AvgIpc) is 2.19. The zero-order chi connectivity index (χ0) is 10.6. The number of rotatable bonds is 4. The van der Waals surface area contributed by atoms with Gasteiger partial charge in [0.2, 0.25) is 0 Å². The third-order valence-corrected chi connectivity index (χ3v) is 3.23. The standard InChI is InChI=1S/C11H23NO2/c1-9(13)11(14)8-12(2)10-6-4-3-5-7-10/h9-11,13-14H,3-8H2,1-2H3. The molecule has 1 aliphatic rings. The molecule has 84 valence electrons. The molecule has 1 fully saturated rings. The summed E-state index contributed by atoms with van der Waals surface area (Å²) in [5.74, 6) is 0. The van der Waals surface area contributed by atoms with Crippen LogP contribution in [-0.2, 0) is 0 Å². The van der Waals surface area contributed by atoms with E-state index in [9.17, 15) is 10.2 Å². The van der Waals surface area contributed by atoms with Crippen molar-refractivity contribution >= 4 is 0 Å². The molecule has 1 aliphatic carbocycles. The molecule has 2 unspecified atom stereocenters. The second kappa shape index (κ2) is 5.69. The van der Waals surface area contributed by atoms with Crippen LogP contribution in [0, 0.1) is 0 Å². The fourth-order valence-corrected chi connectivity index (χ4v) is 2.12. The largest absolute Gasteiger partial charge is 0.391 e. The van der Waals surface area contributed by atoms with E-state index < -0.39 is 12.2 Å². The molecular weight excluding hydrogens is 178 g/mol. The number of aliphatic hydroxyl groups is 2. The van der Waals surface area contributed by atoms with E-state index in [1.54, 1.807) is 6.92 Å². The summed E-state index contributed by atoms with van der Waals surface area (Å²) in [7, 11) is 2.04. The van der Waals surface area contributed by atoms with E-state index in [2.05, 4.69) is 4.90 Å². The minimum absolute atomic E-state index is 0.586. The number of hydrogen-bond acceptors (Lipinski definition) is 3. The Balaban J connectivity index is 2.28. The van der Waals surface area contributed by atoms with Crippen LogP contribution in [0.5, 0.6) is 0 Å². The highest BCUT2D eigenvalue weighted by Crippen LogP contribution is 2.21. The van der Waals surface area contributed by atoms with Crippen LogP contribution in [0.25, 0.3) is 0 Å². The first kappa shape index (κ1) is 12.0. The Kier molecular flexibility index (Phi) is 4.85. The molecule has 0 spiro atoms. The van der Waals surface area contributed by atoms with Crippen molar-refractivity contribution in [3.05, 3.63) is 0 Å². The Morgan fingerprint density at radius 2 is 1.79 bits per heavy atom. The van der Waals surface area contributed by atoms with E-state index in [-0.39, 0.29) is 0 Å². The summed E-state index contributed by atoms with van der Waals surface area (Å²) in [6.45, 7) is 2.22. The van der Waals surface area contributed by atoms with Crippen LogP contribution in [0.2, 0.25) is 0 Å². The van der Waals surface area contributed by atoms with Crippen LogP contribution < -0.4 is 0 Å². The van der Waals surface area contributed by atoms with Crippen molar-refractivity contribution in [1.82, 2.24) is 4.90 Å². The fraction of sp³-hybridized carbons (Fsp3) is 1.00. The Hall–Kier alpha value is -0.120. The van der Waals surface area contributed by atoms with Gasteiger partial charge in [0.15, 0.2) is 0 Å². The van der Waals surface area contributed by atoms with Crippen LogP contribution in [0.15, 0.2) is 0 Å². The van der Waals surface area contributed by atoms with Crippen LogP contribution in [0.3, 0.4) is 0 Å². The van der Waals surface area contributed by atoms with Crippen molar-refractivity contribution in [3.8, 4) is 0 Å². The minimum Gasteiger partial charge on any atom is -0.391 e. The average molecular weight is 201 g/mol. The summed E-state index contributed by atoms with van der Waals surface area (Å²) in [6.07, 6.45) is 5.21. The summed E-state index contributed by atoms with van der Waals surface area (Å²) in [4.78, 5) is 2.19. The van der Waals surface area contributed by atoms with Gasteiger partial charge in [0.05, 0.1) is 12.2 Å². The van der Waals surface area contributed by atoms with E-state index >= 15 is 0 Å². The Bertz CT molecular complexity index is 155. The van der Waals surface area contributed by atoms with Crippen molar-refractivity contribution in [2.45, 2.75) is 57.3 Å². The minimum atomic E-state index is -0.624. The van der Waals surface area contributed by atoms with Crippen LogP contribution in [0.1, 0.15) is 39.0 Å². The molecule has 0 aromatic heterocycles. The van der Waals surface area contributed by atoms with Crippen molar-refractivity contribution in [1.29, 1.82) is 0 Å². The van der Waals surface area contributed by atoms with Gasteiger partial charge >= 0.3 is 0 Å². The summed E-state index contributed by atoms with van der Waals surface area (Å²) in [6, 6.07) is 0.608. The van der Waals surface area contributed by atoms with Gasteiger partial charge in [-0.05, 0) is 26.8 Å². The fourth-order valence-electron chi connectivity index (χ4n) is 2.12. The molecule has 0 radical (unpaired) electrons. The zero-order valence-corrected chi connectivity index (χ0v) is 9.32. The molecule has 0 amide bonds. The lowest BCUT2D eigenvalue weighted by atomic mass is 9.94. The maximum absolute atomic E-state index is 9.54. The van der Waals surface area contributed by atoms with Crippen LogP contribution in [-0.4, -0.2) is 47.0 Å². The second-order valence-electron chi connectivity index (χ2n) is 4.54. The van der Waals surface area contributed by atoms with Crippen LogP contribution >= 0.6 is 0 Å². The van der Waals surface area contributed by atoms with Gasteiger partial charge < -0.3 is 15.1 Å². The molecule has 2 atom stereocenters. The molecule has 0 bridgehead atoms. The molecule has 0 heterocycles. The lowest BCUT2D eigenvalue weighted by Crippen LogP contribution is -2.42. The SMILES string of the molecule is CC(O)C(O)CN(C)C1CCCCC1. The first-order chi connectivity index (χ1) is 6.61. The number of nitrogens with zero attached hydrogens (tertiary/aromatic N) is 1. The number of likely N-dealkylation sites (N-methyl/N-ethyl adjacent to an activating group) is 1. The summed E-state index contributed by atoms with van der Waals surface area (Å²) in [5.41, 5.74) is 0. The zero-order valence-electron chi connectivity index (χ0n) is 9.32. The Labute approximate surface area is 86.7 Å². The molecule has 2 N–H and O–H groups in total. The molecule has 3 heteroatoms. The van der Waals surface area contributed by atoms with Gasteiger partial charge in [-0.15, -0.1) is 0 Å². The highest BCUT2D eigenvalue weighted by atomic mass is 16.3. The molecular formula is C11H23NO2. The van der Waals surface area contributed by atoms with E-state index in [0.29, 0.717) is 12.6 Å². The van der Waals surface area contributed by atoms with Crippen LogP contribution in [0.4, 0.5) is 0 Å². The smallest absolute Gasteiger partial charge is 0.0922 e. The topological polar surface area (TPSA) is 43.7 Å². The number of hydrogen-bond donors (Lipinski definition) is 2. The second-order valence-corrected chi connectivity index (χ2v) is 4.54. The molecule has 0 aliphatic heterocycles. The highest BCUT2D eigenvalue weighted by Gasteiger charge is 2.21. The molecule has 3 nitrogen and oxygen atoms in total. The molecule has 14 heavy (non-hydrogen) atoms. The van der Waals surface area contributed by atoms with E-state index in [0.717, 1.165) is 0 Å². The summed E-state index contributed by atoms with van der Waals surface area (Å²) < 4.78 is 0. The third-order valence-electron chi connectivity index (χ3n) is 3.23. The molecule has 1 saturated carbocycles. The summed E-state index contributed by atoms with van der Waals surface area (Å²) in [5, 5.41) is 18.7. The predicted octanol–water partition coefficient (Wildman–Crippen LogP) is 0.993. The molecule has 1 rings (SSSR count). The predicted molar refractivity (Wildman–Crippen MR) is 57.2 cm³/mol. The van der Waals surface area contributed by atoms with Gasteiger partial charge in [0.1, 0.15) is 0 Å². The molecule has 0 aromatic rings. The van der Waals surface area contributed by atoms with Gasteiger partial charge in [-0.2, -0.15) is 0 Å². The third kappa shape index (κ3) is 3.56. The lowest BCUT2D eigenvalue weighted by molar-refractivity contribution is 0.00168. The van der Waals surface area contributed by atoms with Crippen molar-refractivity contribution < 1.29 is 10.2 Å². The highest BCUT2D eigenvalue weighted by molar-refractivity contribution is 4.76. The summed E-state index contributed by atoms with van der Waals surface area (Å²) >= 11 is 0. The Morgan fingerprint density at radius 1 is 1.21 bits per heavy atom. The van der Waals surface area contributed by atoms with Gasteiger partial charge in [0, 0.05) is 12.6 Å². The van der Waals surface area contributed by atoms with Crippen molar-refractivity contribution in [2.75, 3.05) is 13.6 Å². The maximum atomic E-state index is 9.54. The quantitative estimate of drug-likeness (QED) is 0.713. The number of aliphatic hydroxyl groups excluding tert-OH is 2. The van der Waals surface area contributed by atoms with Crippen molar-refractivity contribution in [2.24, 2.45) is 0 Å². The van der Waals surface area contributed by atoms with E-state index in [4.69, 9.17) is 0 Å². The first-order valence-corrected chi connectivity index (χ1v) is 5.67. The first-order valence-electron chi connectivity index (χ1n) is 5.67. The molecule has 0 aromatic carbocycles. The van der Waals surface area contributed by atoms with Gasteiger partial charge in [-0.25, -0.2) is 0 Å². The monoisotopic (exact) mass is 201 g/mol. The normalized spacial score (nSPS) is 23.8. The van der Waals surface area contributed by atoms with E-state index in [1.807, 2.05) is 7.05 Å². The van der Waals surface area contributed by atoms with Crippen molar-refractivity contribution in [3.63, 3.8) is 0 Å². The Morgan fingerprint density at radius 3 is 2.29 bits per heavy atom. The van der Waals surface area contributed by atoms with Gasteiger partial charge in [-0.1, -0.05) is 19.3 Å². The molecule has 0 saturated heterocycles.